The first-order chi connectivity index (χ1) is 9.95. The van der Waals surface area contributed by atoms with Crippen molar-refractivity contribution in [1.29, 1.82) is 0 Å². The van der Waals surface area contributed by atoms with Gasteiger partial charge in [-0.3, -0.25) is 4.79 Å². The highest BCUT2D eigenvalue weighted by molar-refractivity contribution is 7.99. The molecular weight excluding hydrogens is 293 g/mol. The molecule has 0 fully saturated rings. The number of benzene rings is 1. The molecule has 2 aromatic rings. The summed E-state index contributed by atoms with van der Waals surface area (Å²) in [5.74, 6) is 0.685. The van der Waals surface area contributed by atoms with Crippen LogP contribution in [-0.4, -0.2) is 16.6 Å². The van der Waals surface area contributed by atoms with Gasteiger partial charge < -0.3 is 15.5 Å². The second-order valence-corrected chi connectivity index (χ2v) is 5.55. The SMILES string of the molecule is Cc1nc(SCCC(=O)Nc2ccc(F)cc2N)oc1C. The molecular formula is C14H16FN3O2S. The number of oxazole rings is 1. The minimum Gasteiger partial charge on any atom is -0.437 e. The lowest BCUT2D eigenvalue weighted by Gasteiger charge is -2.07. The number of carbonyl (C=O) groups excluding carboxylic acids is 1. The summed E-state index contributed by atoms with van der Waals surface area (Å²) in [7, 11) is 0. The van der Waals surface area contributed by atoms with Crippen molar-refractivity contribution in [1.82, 2.24) is 4.98 Å². The monoisotopic (exact) mass is 309 g/mol. The van der Waals surface area contributed by atoms with Crippen molar-refractivity contribution in [3.63, 3.8) is 0 Å². The zero-order valence-corrected chi connectivity index (χ0v) is 12.6. The fourth-order valence-electron chi connectivity index (χ4n) is 1.60. The van der Waals surface area contributed by atoms with E-state index < -0.39 is 5.82 Å². The molecule has 112 valence electrons. The van der Waals surface area contributed by atoms with Gasteiger partial charge >= 0.3 is 0 Å². The Balaban J connectivity index is 1.82. The lowest BCUT2D eigenvalue weighted by Crippen LogP contribution is -2.13. The van der Waals surface area contributed by atoms with E-state index in [2.05, 4.69) is 10.3 Å². The van der Waals surface area contributed by atoms with E-state index in [9.17, 15) is 9.18 Å². The van der Waals surface area contributed by atoms with Gasteiger partial charge in [0.05, 0.1) is 17.1 Å². The molecule has 0 aliphatic heterocycles. The summed E-state index contributed by atoms with van der Waals surface area (Å²) in [4.78, 5) is 16.0. The first kappa shape index (κ1) is 15.4. The third kappa shape index (κ3) is 4.22. The zero-order valence-electron chi connectivity index (χ0n) is 11.8. The summed E-state index contributed by atoms with van der Waals surface area (Å²) >= 11 is 1.37. The van der Waals surface area contributed by atoms with Crippen LogP contribution in [0, 0.1) is 19.7 Å². The fraction of sp³-hybridized carbons (Fsp3) is 0.286. The Bertz CT molecular complexity index is 638. The molecule has 2 rings (SSSR count). The number of carbonyl (C=O) groups is 1. The first-order valence-electron chi connectivity index (χ1n) is 6.37. The summed E-state index contributed by atoms with van der Waals surface area (Å²) in [6.07, 6.45) is 0.280. The van der Waals surface area contributed by atoms with Gasteiger partial charge in [-0.25, -0.2) is 9.37 Å². The normalized spacial score (nSPS) is 10.6. The predicted octanol–water partition coefficient (Wildman–Crippen LogP) is 3.13. The molecule has 0 radical (unpaired) electrons. The van der Waals surface area contributed by atoms with Crippen molar-refractivity contribution < 1.29 is 13.6 Å². The molecule has 1 heterocycles. The van der Waals surface area contributed by atoms with Crippen LogP contribution in [-0.2, 0) is 4.79 Å². The molecule has 3 N–H and O–H groups in total. The van der Waals surface area contributed by atoms with E-state index in [-0.39, 0.29) is 18.0 Å². The Hall–Kier alpha value is -2.02. The maximum atomic E-state index is 12.9. The molecule has 0 spiro atoms. The van der Waals surface area contributed by atoms with Crippen molar-refractivity contribution in [3.05, 3.63) is 35.5 Å². The Morgan fingerprint density at radius 2 is 2.24 bits per heavy atom. The van der Waals surface area contributed by atoms with Crippen LogP contribution < -0.4 is 11.1 Å². The highest BCUT2D eigenvalue weighted by Crippen LogP contribution is 2.22. The molecule has 5 nitrogen and oxygen atoms in total. The number of halogens is 1. The van der Waals surface area contributed by atoms with Crippen LogP contribution in [0.3, 0.4) is 0 Å². The average molecular weight is 309 g/mol. The summed E-state index contributed by atoms with van der Waals surface area (Å²) in [5.41, 5.74) is 7.09. The summed E-state index contributed by atoms with van der Waals surface area (Å²) in [5, 5.41) is 3.20. The number of rotatable bonds is 5. The maximum Gasteiger partial charge on any atom is 0.256 e. The van der Waals surface area contributed by atoms with Gasteiger partial charge in [0, 0.05) is 12.2 Å². The van der Waals surface area contributed by atoms with Gasteiger partial charge in [-0.1, -0.05) is 11.8 Å². The number of anilines is 2. The van der Waals surface area contributed by atoms with E-state index in [1.807, 2.05) is 13.8 Å². The maximum absolute atomic E-state index is 12.9. The van der Waals surface area contributed by atoms with Gasteiger partial charge in [0.15, 0.2) is 0 Å². The molecule has 1 aromatic carbocycles. The zero-order chi connectivity index (χ0) is 15.4. The summed E-state index contributed by atoms with van der Waals surface area (Å²) in [6, 6.07) is 3.86. The second kappa shape index (κ2) is 6.62. The molecule has 0 aliphatic carbocycles. The number of aryl methyl sites for hydroxylation is 2. The Morgan fingerprint density at radius 3 is 2.86 bits per heavy atom. The van der Waals surface area contributed by atoms with Gasteiger partial charge in [-0.05, 0) is 32.0 Å². The van der Waals surface area contributed by atoms with Crippen LogP contribution in [0.1, 0.15) is 17.9 Å². The molecule has 1 aromatic heterocycles. The van der Waals surface area contributed by atoms with E-state index in [0.29, 0.717) is 16.7 Å². The third-order valence-electron chi connectivity index (χ3n) is 2.85. The highest BCUT2D eigenvalue weighted by atomic mass is 32.2. The molecule has 1 amide bonds. The quantitative estimate of drug-likeness (QED) is 0.655. The van der Waals surface area contributed by atoms with Crippen LogP contribution in [0.15, 0.2) is 27.8 Å². The lowest BCUT2D eigenvalue weighted by atomic mass is 10.2. The third-order valence-corrected chi connectivity index (χ3v) is 3.68. The van der Waals surface area contributed by atoms with E-state index in [1.165, 1.54) is 30.0 Å². The molecule has 21 heavy (non-hydrogen) atoms. The number of nitrogens with zero attached hydrogens (tertiary/aromatic N) is 1. The minimum absolute atomic E-state index is 0.194. The summed E-state index contributed by atoms with van der Waals surface area (Å²) < 4.78 is 18.3. The van der Waals surface area contributed by atoms with Gasteiger partial charge in [-0.2, -0.15) is 0 Å². The standard InChI is InChI=1S/C14H16FN3O2S/c1-8-9(2)20-14(17-8)21-6-5-13(19)18-12-4-3-10(15)7-11(12)16/h3-4,7H,5-6,16H2,1-2H3,(H,18,19). The van der Waals surface area contributed by atoms with Crippen LogP contribution in [0.25, 0.3) is 0 Å². The van der Waals surface area contributed by atoms with E-state index in [0.717, 1.165) is 11.5 Å². The number of nitrogen functional groups attached to an aromatic ring is 1. The van der Waals surface area contributed by atoms with Crippen molar-refractivity contribution in [2.45, 2.75) is 25.5 Å². The number of thioether (sulfide) groups is 1. The summed E-state index contributed by atoms with van der Waals surface area (Å²) in [6.45, 7) is 3.71. The van der Waals surface area contributed by atoms with Crippen molar-refractivity contribution in [2.75, 3.05) is 16.8 Å². The average Bonchev–Trinajstić information content (AvgIpc) is 2.72. The Morgan fingerprint density at radius 1 is 1.48 bits per heavy atom. The van der Waals surface area contributed by atoms with Crippen molar-refractivity contribution >= 4 is 29.0 Å². The Labute approximate surface area is 126 Å². The minimum atomic E-state index is -0.435. The van der Waals surface area contributed by atoms with Gasteiger partial charge in [0.25, 0.3) is 5.22 Å². The predicted molar refractivity (Wildman–Crippen MR) is 80.8 cm³/mol. The van der Waals surface area contributed by atoms with Gasteiger partial charge in [0.2, 0.25) is 5.91 Å². The number of hydrogen-bond donors (Lipinski definition) is 2. The molecule has 7 heteroatoms. The van der Waals surface area contributed by atoms with Crippen LogP contribution in [0.4, 0.5) is 15.8 Å². The van der Waals surface area contributed by atoms with E-state index in [1.54, 1.807) is 0 Å². The van der Waals surface area contributed by atoms with Crippen LogP contribution in [0.2, 0.25) is 0 Å². The molecule has 0 bridgehead atoms. The molecule has 0 saturated heterocycles. The highest BCUT2D eigenvalue weighted by Gasteiger charge is 2.09. The molecule has 0 aliphatic rings. The van der Waals surface area contributed by atoms with Crippen molar-refractivity contribution in [2.24, 2.45) is 0 Å². The van der Waals surface area contributed by atoms with Gasteiger partial charge in [-0.15, -0.1) is 0 Å². The lowest BCUT2D eigenvalue weighted by molar-refractivity contribution is -0.115. The molecule has 0 saturated carbocycles. The van der Waals surface area contributed by atoms with Crippen molar-refractivity contribution in [3.8, 4) is 0 Å². The fourth-order valence-corrected chi connectivity index (χ4v) is 2.44. The number of nitrogens with one attached hydrogen (secondary N) is 1. The first-order valence-corrected chi connectivity index (χ1v) is 7.36. The smallest absolute Gasteiger partial charge is 0.256 e. The number of amides is 1. The number of aromatic nitrogens is 1. The van der Waals surface area contributed by atoms with Gasteiger partial charge in [0.1, 0.15) is 11.6 Å². The second-order valence-electron chi connectivity index (χ2n) is 4.50. The molecule has 0 unspecified atom stereocenters. The van der Waals surface area contributed by atoms with Crippen LogP contribution >= 0.6 is 11.8 Å². The van der Waals surface area contributed by atoms with Crippen LogP contribution in [0.5, 0.6) is 0 Å². The Kier molecular flexibility index (Phi) is 4.85. The largest absolute Gasteiger partial charge is 0.437 e. The number of hydrogen-bond acceptors (Lipinski definition) is 5. The van der Waals surface area contributed by atoms with E-state index in [4.69, 9.17) is 10.2 Å². The topological polar surface area (TPSA) is 81.2 Å². The number of nitrogens with two attached hydrogens (primary N) is 1. The van der Waals surface area contributed by atoms with E-state index >= 15 is 0 Å². The molecule has 0 atom stereocenters.